The van der Waals surface area contributed by atoms with Crippen molar-refractivity contribution < 1.29 is 9.84 Å². The first-order chi connectivity index (χ1) is 10.1. The number of benzene rings is 1. The third-order valence-corrected chi connectivity index (χ3v) is 3.78. The lowest BCUT2D eigenvalue weighted by Gasteiger charge is -2.21. The quantitative estimate of drug-likeness (QED) is 0.919. The minimum Gasteiger partial charge on any atom is -0.496 e. The fourth-order valence-electron chi connectivity index (χ4n) is 2.41. The second-order valence-electron chi connectivity index (χ2n) is 5.03. The van der Waals surface area contributed by atoms with E-state index in [0.717, 1.165) is 23.4 Å². The normalized spacial score (nSPS) is 12.2. The second kappa shape index (κ2) is 6.59. The molecule has 0 aliphatic rings. The largest absolute Gasteiger partial charge is 0.496 e. The van der Waals surface area contributed by atoms with Crippen LogP contribution in [0, 0.1) is 0 Å². The van der Waals surface area contributed by atoms with Gasteiger partial charge in [0.15, 0.2) is 0 Å². The summed E-state index contributed by atoms with van der Waals surface area (Å²) in [6.07, 6.45) is 0.830. The lowest BCUT2D eigenvalue weighted by molar-refractivity contribution is 0.278. The highest BCUT2D eigenvalue weighted by molar-refractivity contribution is 5.67. The molecule has 0 aliphatic heterocycles. The van der Waals surface area contributed by atoms with Crippen molar-refractivity contribution in [3.63, 3.8) is 0 Å². The molecule has 0 saturated carbocycles. The van der Waals surface area contributed by atoms with Crippen LogP contribution < -0.4 is 10.3 Å². The third kappa shape index (κ3) is 2.85. The molecule has 2 rings (SSSR count). The first-order valence-corrected chi connectivity index (χ1v) is 7.12. The van der Waals surface area contributed by atoms with E-state index in [9.17, 15) is 9.90 Å². The Balaban J connectivity index is 2.74. The molecule has 112 valence electrons. The van der Waals surface area contributed by atoms with Gasteiger partial charge in [-0.15, -0.1) is 0 Å². The molecule has 2 aromatic rings. The zero-order valence-corrected chi connectivity index (χ0v) is 12.7. The molecule has 0 amide bonds. The van der Waals surface area contributed by atoms with E-state index in [1.807, 2.05) is 44.2 Å². The molecule has 1 aromatic carbocycles. The van der Waals surface area contributed by atoms with Crippen molar-refractivity contribution in [1.29, 1.82) is 0 Å². The van der Waals surface area contributed by atoms with Crippen molar-refractivity contribution in [3.8, 4) is 17.0 Å². The Morgan fingerprint density at radius 2 is 1.95 bits per heavy atom. The highest BCUT2D eigenvalue weighted by Gasteiger charge is 2.16. The maximum Gasteiger partial charge on any atom is 0.256 e. The Labute approximate surface area is 124 Å². The van der Waals surface area contributed by atoms with Crippen LogP contribution >= 0.6 is 0 Å². The van der Waals surface area contributed by atoms with Gasteiger partial charge in [-0.3, -0.25) is 4.79 Å². The summed E-state index contributed by atoms with van der Waals surface area (Å²) >= 11 is 0. The van der Waals surface area contributed by atoms with Crippen molar-refractivity contribution >= 4 is 0 Å². The number of aliphatic hydroxyl groups excluding tert-OH is 1. The van der Waals surface area contributed by atoms with E-state index in [-0.39, 0.29) is 18.2 Å². The lowest BCUT2D eigenvalue weighted by Crippen LogP contribution is -2.27. The van der Waals surface area contributed by atoms with E-state index < -0.39 is 0 Å². The Bertz CT molecular complexity index is 676. The van der Waals surface area contributed by atoms with Gasteiger partial charge in [0.05, 0.1) is 19.4 Å². The van der Waals surface area contributed by atoms with Crippen molar-refractivity contribution in [2.24, 2.45) is 0 Å². The number of rotatable bonds is 5. The molecule has 1 unspecified atom stereocenters. The fraction of sp³-hybridized carbons (Fsp3) is 0.353. The van der Waals surface area contributed by atoms with Gasteiger partial charge in [-0.05, 0) is 37.6 Å². The van der Waals surface area contributed by atoms with Gasteiger partial charge in [-0.2, -0.15) is 0 Å². The lowest BCUT2D eigenvalue weighted by atomic mass is 10.1. The Morgan fingerprint density at radius 1 is 1.24 bits per heavy atom. The van der Waals surface area contributed by atoms with Crippen LogP contribution in [0.2, 0.25) is 0 Å². The molecule has 1 atom stereocenters. The molecule has 0 fully saturated rings. The summed E-state index contributed by atoms with van der Waals surface area (Å²) in [4.78, 5) is 12.6. The van der Waals surface area contributed by atoms with E-state index in [1.54, 1.807) is 17.7 Å². The number of aliphatic hydroxyl groups is 1. The molecule has 4 nitrogen and oxygen atoms in total. The van der Waals surface area contributed by atoms with Crippen LogP contribution in [0.15, 0.2) is 41.2 Å². The van der Waals surface area contributed by atoms with Gasteiger partial charge in [0.1, 0.15) is 5.75 Å². The Hall–Kier alpha value is -2.07. The number of pyridine rings is 1. The first kappa shape index (κ1) is 15.3. The van der Waals surface area contributed by atoms with Crippen LogP contribution in [0.3, 0.4) is 0 Å². The van der Waals surface area contributed by atoms with Crippen LogP contribution in [0.5, 0.6) is 5.75 Å². The average molecular weight is 287 g/mol. The highest BCUT2D eigenvalue weighted by atomic mass is 16.5. The fourth-order valence-corrected chi connectivity index (χ4v) is 2.41. The highest BCUT2D eigenvalue weighted by Crippen LogP contribution is 2.30. The van der Waals surface area contributed by atoms with Crippen LogP contribution in [0.25, 0.3) is 11.3 Å². The molecule has 0 radical (unpaired) electrons. The number of ether oxygens (including phenoxy) is 1. The van der Waals surface area contributed by atoms with E-state index in [0.29, 0.717) is 5.56 Å². The maximum atomic E-state index is 12.6. The molecule has 0 aliphatic carbocycles. The molecular formula is C17H21NO3. The zero-order valence-electron chi connectivity index (χ0n) is 12.7. The standard InChI is InChI=1S/C17H21NO3/c1-4-12(2)18-15(10-9-13(11-19)17(18)20)14-7-5-6-8-16(14)21-3/h5-10,12,19H,4,11H2,1-3H3. The third-order valence-electron chi connectivity index (χ3n) is 3.78. The number of aromatic nitrogens is 1. The molecule has 1 heterocycles. The van der Waals surface area contributed by atoms with Gasteiger partial charge < -0.3 is 14.4 Å². The summed E-state index contributed by atoms with van der Waals surface area (Å²) in [7, 11) is 1.62. The SMILES string of the molecule is CCC(C)n1c(-c2ccccc2OC)ccc(CO)c1=O. The van der Waals surface area contributed by atoms with E-state index in [2.05, 4.69) is 0 Å². The Kier molecular flexibility index (Phi) is 4.81. The van der Waals surface area contributed by atoms with Crippen molar-refractivity contribution in [2.45, 2.75) is 32.9 Å². The van der Waals surface area contributed by atoms with E-state index >= 15 is 0 Å². The number of methoxy groups -OCH3 is 1. The molecular weight excluding hydrogens is 266 g/mol. The summed E-state index contributed by atoms with van der Waals surface area (Å²) in [5.74, 6) is 0.728. The van der Waals surface area contributed by atoms with Crippen LogP contribution in [0.4, 0.5) is 0 Å². The van der Waals surface area contributed by atoms with Gasteiger partial charge in [0.2, 0.25) is 0 Å². The minimum absolute atomic E-state index is 0.0453. The van der Waals surface area contributed by atoms with Gasteiger partial charge >= 0.3 is 0 Å². The van der Waals surface area contributed by atoms with Gasteiger partial charge in [0.25, 0.3) is 5.56 Å². The summed E-state index contributed by atoms with van der Waals surface area (Å²) in [6, 6.07) is 11.2. The molecule has 1 aromatic heterocycles. The number of hydrogen-bond donors (Lipinski definition) is 1. The maximum absolute atomic E-state index is 12.6. The molecule has 0 saturated heterocycles. The van der Waals surface area contributed by atoms with Crippen molar-refractivity contribution in [1.82, 2.24) is 4.57 Å². The summed E-state index contributed by atoms with van der Waals surface area (Å²) < 4.78 is 7.14. The molecule has 4 heteroatoms. The van der Waals surface area contributed by atoms with Crippen molar-refractivity contribution in [2.75, 3.05) is 7.11 Å². The number of nitrogens with zero attached hydrogens (tertiary/aromatic N) is 1. The molecule has 1 N–H and O–H groups in total. The molecule has 0 spiro atoms. The van der Waals surface area contributed by atoms with Crippen molar-refractivity contribution in [3.05, 3.63) is 52.3 Å². The number of hydrogen-bond acceptors (Lipinski definition) is 3. The van der Waals surface area contributed by atoms with E-state index in [1.165, 1.54) is 0 Å². The average Bonchev–Trinajstić information content (AvgIpc) is 2.53. The van der Waals surface area contributed by atoms with Gasteiger partial charge in [-0.25, -0.2) is 0 Å². The monoisotopic (exact) mass is 287 g/mol. The molecule has 21 heavy (non-hydrogen) atoms. The molecule has 0 bridgehead atoms. The van der Waals surface area contributed by atoms with Gasteiger partial charge in [0, 0.05) is 17.2 Å². The topological polar surface area (TPSA) is 51.5 Å². The zero-order chi connectivity index (χ0) is 15.4. The van der Waals surface area contributed by atoms with Crippen LogP contribution in [0.1, 0.15) is 31.9 Å². The minimum atomic E-state index is -0.249. The summed E-state index contributed by atoms with van der Waals surface area (Å²) in [5, 5.41) is 9.32. The van der Waals surface area contributed by atoms with Crippen LogP contribution in [-0.2, 0) is 6.61 Å². The smallest absolute Gasteiger partial charge is 0.256 e. The predicted octanol–water partition coefficient (Wildman–Crippen LogP) is 2.99. The van der Waals surface area contributed by atoms with Gasteiger partial charge in [-0.1, -0.05) is 19.1 Å². The summed E-state index contributed by atoms with van der Waals surface area (Å²) in [5.41, 5.74) is 1.95. The first-order valence-electron chi connectivity index (χ1n) is 7.12. The second-order valence-corrected chi connectivity index (χ2v) is 5.03. The van der Waals surface area contributed by atoms with E-state index in [4.69, 9.17) is 4.74 Å². The summed E-state index contributed by atoms with van der Waals surface area (Å²) in [6.45, 7) is 3.79. The van der Waals surface area contributed by atoms with Crippen LogP contribution in [-0.4, -0.2) is 16.8 Å². The number of para-hydroxylation sites is 1. The predicted molar refractivity (Wildman–Crippen MR) is 83.6 cm³/mol. The Morgan fingerprint density at radius 3 is 2.57 bits per heavy atom.